The van der Waals surface area contributed by atoms with Gasteiger partial charge in [0.05, 0.1) is 17.6 Å². The van der Waals surface area contributed by atoms with E-state index in [4.69, 9.17) is 6.57 Å². The van der Waals surface area contributed by atoms with Crippen LogP contribution in [0.25, 0.3) is 32.6 Å². The highest BCUT2D eigenvalue weighted by molar-refractivity contribution is 6.10. The summed E-state index contributed by atoms with van der Waals surface area (Å²) in [6, 6.07) is 14.0. The van der Waals surface area contributed by atoms with E-state index in [0.29, 0.717) is 5.69 Å². The maximum Gasteiger partial charge on any atom is 0.214 e. The molecule has 0 bridgehead atoms. The molecule has 0 aliphatic heterocycles. The first-order valence-corrected chi connectivity index (χ1v) is 6.68. The van der Waals surface area contributed by atoms with Crippen LogP contribution in [0.2, 0.25) is 0 Å². The van der Waals surface area contributed by atoms with Crippen LogP contribution < -0.4 is 0 Å². The van der Waals surface area contributed by atoms with Gasteiger partial charge in [-0.25, -0.2) is 9.83 Å². The molecule has 0 amide bonds. The van der Waals surface area contributed by atoms with Gasteiger partial charge in [0.15, 0.2) is 5.69 Å². The highest BCUT2D eigenvalue weighted by Gasteiger charge is 2.14. The van der Waals surface area contributed by atoms with Gasteiger partial charge in [0, 0.05) is 24.8 Å². The lowest BCUT2D eigenvalue weighted by Crippen LogP contribution is -2.02. The van der Waals surface area contributed by atoms with Gasteiger partial charge in [0.25, 0.3) is 0 Å². The Morgan fingerprint density at radius 2 is 1.86 bits per heavy atom. The summed E-state index contributed by atoms with van der Waals surface area (Å²) in [6.45, 7) is 7.21. The molecule has 0 aliphatic rings. The summed E-state index contributed by atoms with van der Waals surface area (Å²) in [7, 11) is 1.98. The fourth-order valence-corrected chi connectivity index (χ4v) is 2.82. The van der Waals surface area contributed by atoms with E-state index in [1.165, 1.54) is 0 Å². The number of hydrogen-bond acceptors (Lipinski definition) is 1. The van der Waals surface area contributed by atoms with Crippen molar-refractivity contribution in [1.82, 2.24) is 14.1 Å². The van der Waals surface area contributed by atoms with Gasteiger partial charge in [-0.3, -0.25) is 4.57 Å². The number of rotatable bonds is 1. The Morgan fingerprint density at radius 1 is 1.05 bits per heavy atom. The highest BCUT2D eigenvalue weighted by Crippen LogP contribution is 2.33. The number of aryl methyl sites for hydroxylation is 1. The van der Waals surface area contributed by atoms with Gasteiger partial charge < -0.3 is 4.57 Å². The number of para-hydroxylation sites is 1. The minimum Gasteiger partial charge on any atom is -0.320 e. The summed E-state index contributed by atoms with van der Waals surface area (Å²) < 4.78 is 4.13. The normalized spacial score (nSPS) is 11.0. The van der Waals surface area contributed by atoms with Gasteiger partial charge >= 0.3 is 0 Å². The van der Waals surface area contributed by atoms with Gasteiger partial charge in [-0.1, -0.05) is 24.3 Å². The minimum atomic E-state index is 0.658. The van der Waals surface area contributed by atoms with Crippen LogP contribution in [0, 0.1) is 6.57 Å². The molecule has 0 spiro atoms. The topological polar surface area (TPSA) is 27.1 Å². The molecule has 4 nitrogen and oxygen atoms in total. The highest BCUT2D eigenvalue weighted by atomic mass is 15.2. The molecule has 0 N–H and O–H groups in total. The summed E-state index contributed by atoms with van der Waals surface area (Å²) in [5.74, 6) is 0.872. The van der Waals surface area contributed by atoms with Crippen LogP contribution in [-0.2, 0) is 7.05 Å². The largest absolute Gasteiger partial charge is 0.320 e. The molecule has 2 aromatic carbocycles. The maximum atomic E-state index is 7.21. The average molecular weight is 272 g/mol. The third-order valence-corrected chi connectivity index (χ3v) is 3.78. The Morgan fingerprint density at radius 3 is 2.62 bits per heavy atom. The third-order valence-electron chi connectivity index (χ3n) is 3.78. The van der Waals surface area contributed by atoms with E-state index in [1.807, 2.05) is 48.1 Å². The van der Waals surface area contributed by atoms with Crippen molar-refractivity contribution in [3.8, 4) is 5.95 Å². The van der Waals surface area contributed by atoms with E-state index in [-0.39, 0.29) is 0 Å². The van der Waals surface area contributed by atoms with Crippen molar-refractivity contribution in [3.63, 3.8) is 0 Å². The molecule has 0 saturated heterocycles. The van der Waals surface area contributed by atoms with E-state index in [2.05, 4.69) is 26.5 Å². The smallest absolute Gasteiger partial charge is 0.214 e. The predicted octanol–water partition coefficient (Wildman–Crippen LogP) is 4.07. The monoisotopic (exact) mass is 272 g/mol. The minimum absolute atomic E-state index is 0.658. The second-order valence-corrected chi connectivity index (χ2v) is 5.00. The molecule has 0 saturated carbocycles. The zero-order chi connectivity index (χ0) is 14.4. The summed E-state index contributed by atoms with van der Waals surface area (Å²) in [6.07, 6.45) is 3.73. The van der Waals surface area contributed by atoms with E-state index in [0.717, 1.165) is 27.8 Å². The van der Waals surface area contributed by atoms with Gasteiger partial charge in [0.1, 0.15) is 0 Å². The van der Waals surface area contributed by atoms with Gasteiger partial charge in [-0.15, -0.1) is 0 Å². The molecule has 0 fully saturated rings. The van der Waals surface area contributed by atoms with Crippen LogP contribution in [0.5, 0.6) is 0 Å². The van der Waals surface area contributed by atoms with E-state index in [1.54, 1.807) is 6.20 Å². The molecule has 2 heterocycles. The summed E-state index contributed by atoms with van der Waals surface area (Å²) in [5.41, 5.74) is 2.83. The molecule has 4 rings (SSSR count). The Bertz CT molecular complexity index is 1010. The van der Waals surface area contributed by atoms with Crippen LogP contribution in [0.4, 0.5) is 5.69 Å². The van der Waals surface area contributed by atoms with Crippen LogP contribution in [0.1, 0.15) is 0 Å². The average Bonchev–Trinajstić information content (AvgIpc) is 3.07. The lowest BCUT2D eigenvalue weighted by molar-refractivity contribution is 0.846. The van der Waals surface area contributed by atoms with E-state index >= 15 is 0 Å². The van der Waals surface area contributed by atoms with Gasteiger partial charge in [-0.2, -0.15) is 0 Å². The van der Waals surface area contributed by atoms with Gasteiger partial charge in [0.2, 0.25) is 5.95 Å². The predicted molar refractivity (Wildman–Crippen MR) is 83.8 cm³/mol. The standard InChI is InChI=1S/C17H12N4/c1-18-12-7-8-16-14(11-12)13-5-3-4-6-15(13)21(16)17-19-9-10-20(17)2/h3-11H,2H3. The number of hydrogen-bond donors (Lipinski definition) is 0. The zero-order valence-electron chi connectivity index (χ0n) is 11.5. The molecular weight excluding hydrogens is 260 g/mol. The van der Waals surface area contributed by atoms with Crippen molar-refractivity contribution in [2.45, 2.75) is 0 Å². The summed E-state index contributed by atoms with van der Waals surface area (Å²) in [5, 5.41) is 2.23. The lowest BCUT2D eigenvalue weighted by Gasteiger charge is -2.06. The molecule has 4 heteroatoms. The quantitative estimate of drug-likeness (QED) is 0.480. The van der Waals surface area contributed by atoms with E-state index in [9.17, 15) is 0 Å². The number of aromatic nitrogens is 3. The molecule has 0 atom stereocenters. The van der Waals surface area contributed by atoms with E-state index < -0.39 is 0 Å². The molecule has 100 valence electrons. The number of nitrogens with zero attached hydrogens (tertiary/aromatic N) is 4. The van der Waals surface area contributed by atoms with Crippen LogP contribution in [0.15, 0.2) is 54.9 Å². The van der Waals surface area contributed by atoms with Crippen molar-refractivity contribution in [2.75, 3.05) is 0 Å². The Hall–Kier alpha value is -3.06. The molecule has 21 heavy (non-hydrogen) atoms. The van der Waals surface area contributed by atoms with Crippen molar-refractivity contribution in [3.05, 3.63) is 66.3 Å². The van der Waals surface area contributed by atoms with Crippen molar-refractivity contribution in [2.24, 2.45) is 7.05 Å². The molecule has 0 radical (unpaired) electrons. The second kappa shape index (κ2) is 4.22. The second-order valence-electron chi connectivity index (χ2n) is 5.00. The summed E-state index contributed by atoms with van der Waals surface area (Å²) >= 11 is 0. The lowest BCUT2D eigenvalue weighted by atomic mass is 10.1. The molecule has 0 aliphatic carbocycles. The number of fused-ring (bicyclic) bond motifs is 3. The fourth-order valence-electron chi connectivity index (χ4n) is 2.82. The molecule has 2 aromatic heterocycles. The fraction of sp³-hybridized carbons (Fsp3) is 0.0588. The Balaban J connectivity index is 2.23. The first-order chi connectivity index (χ1) is 10.3. The molecule has 0 unspecified atom stereocenters. The number of imidazole rings is 1. The van der Waals surface area contributed by atoms with Crippen LogP contribution >= 0.6 is 0 Å². The summed E-state index contributed by atoms with van der Waals surface area (Å²) in [4.78, 5) is 8.00. The van der Waals surface area contributed by atoms with Crippen LogP contribution in [-0.4, -0.2) is 14.1 Å². The Kier molecular flexibility index (Phi) is 2.36. The van der Waals surface area contributed by atoms with Crippen molar-refractivity contribution < 1.29 is 0 Å². The first-order valence-electron chi connectivity index (χ1n) is 6.68. The third kappa shape index (κ3) is 1.58. The Labute approximate surface area is 121 Å². The maximum absolute atomic E-state index is 7.21. The van der Waals surface area contributed by atoms with Gasteiger partial charge in [-0.05, 0) is 23.6 Å². The SMILES string of the molecule is [C-]#[N+]c1ccc2c(c1)c1ccccc1n2-c1nccn1C. The van der Waals surface area contributed by atoms with Crippen LogP contribution in [0.3, 0.4) is 0 Å². The number of benzene rings is 2. The first kappa shape index (κ1) is 11.7. The molecular formula is C17H12N4. The zero-order valence-corrected chi connectivity index (χ0v) is 11.5. The van der Waals surface area contributed by atoms with Crippen molar-refractivity contribution >= 4 is 27.5 Å². The molecule has 4 aromatic rings. The van der Waals surface area contributed by atoms with Crippen molar-refractivity contribution in [1.29, 1.82) is 0 Å².